The number of rotatable bonds is 6. The van der Waals surface area contributed by atoms with Crippen LogP contribution in [0.1, 0.15) is 25.1 Å². The van der Waals surface area contributed by atoms with E-state index in [0.717, 1.165) is 18.8 Å². The van der Waals surface area contributed by atoms with Crippen LogP contribution < -0.4 is 5.32 Å². The lowest BCUT2D eigenvalue weighted by Gasteiger charge is -2.07. The van der Waals surface area contributed by atoms with Crippen molar-refractivity contribution in [3.63, 3.8) is 0 Å². The van der Waals surface area contributed by atoms with Crippen molar-refractivity contribution in [3.8, 4) is 0 Å². The van der Waals surface area contributed by atoms with E-state index in [1.54, 1.807) is 11.0 Å². The summed E-state index contributed by atoms with van der Waals surface area (Å²) in [6.07, 6.45) is 5.14. The summed E-state index contributed by atoms with van der Waals surface area (Å²) in [6, 6.07) is 4.14. The van der Waals surface area contributed by atoms with Gasteiger partial charge in [0, 0.05) is 12.7 Å². The largest absolute Gasteiger partial charge is 0.312 e. The Morgan fingerprint density at radius 3 is 2.83 bits per heavy atom. The standard InChI is InChI=1S/C13H19N5/c1-11(2)5-14-6-12-3-4-13(16-7-12)8-18-10-15-9-17-18/h3-4,7,9-11,14H,5-6,8H2,1-2H3. The Kier molecular flexibility index (Phi) is 4.41. The zero-order chi connectivity index (χ0) is 12.8. The first kappa shape index (κ1) is 12.7. The zero-order valence-electron chi connectivity index (χ0n) is 10.9. The van der Waals surface area contributed by atoms with Crippen molar-refractivity contribution in [2.45, 2.75) is 26.9 Å². The van der Waals surface area contributed by atoms with Crippen molar-refractivity contribution in [2.24, 2.45) is 5.92 Å². The molecule has 0 spiro atoms. The smallest absolute Gasteiger partial charge is 0.137 e. The van der Waals surface area contributed by atoms with Crippen molar-refractivity contribution in [1.82, 2.24) is 25.1 Å². The summed E-state index contributed by atoms with van der Waals surface area (Å²) in [5.41, 5.74) is 2.20. The zero-order valence-corrected chi connectivity index (χ0v) is 10.9. The summed E-state index contributed by atoms with van der Waals surface area (Å²) >= 11 is 0. The highest BCUT2D eigenvalue weighted by molar-refractivity contribution is 5.14. The maximum atomic E-state index is 4.42. The van der Waals surface area contributed by atoms with Crippen molar-refractivity contribution >= 4 is 0 Å². The van der Waals surface area contributed by atoms with E-state index in [2.05, 4.69) is 40.3 Å². The Bertz CT molecular complexity index is 447. The fourth-order valence-corrected chi connectivity index (χ4v) is 1.64. The Balaban J connectivity index is 1.85. The molecule has 0 aliphatic carbocycles. The van der Waals surface area contributed by atoms with Crippen molar-refractivity contribution in [2.75, 3.05) is 6.54 Å². The lowest BCUT2D eigenvalue weighted by atomic mass is 10.2. The number of pyridine rings is 1. The molecule has 0 unspecified atom stereocenters. The molecule has 0 amide bonds. The lowest BCUT2D eigenvalue weighted by molar-refractivity contribution is 0.551. The number of hydrogen-bond donors (Lipinski definition) is 1. The van der Waals surface area contributed by atoms with Gasteiger partial charge in [0.05, 0.1) is 12.2 Å². The fraction of sp³-hybridized carbons (Fsp3) is 0.462. The minimum Gasteiger partial charge on any atom is -0.312 e. The first-order valence-corrected chi connectivity index (χ1v) is 6.21. The second-order valence-electron chi connectivity index (χ2n) is 4.78. The predicted molar refractivity (Wildman–Crippen MR) is 69.9 cm³/mol. The highest BCUT2D eigenvalue weighted by Gasteiger charge is 1.99. The average Bonchev–Trinajstić information content (AvgIpc) is 2.84. The van der Waals surface area contributed by atoms with Gasteiger partial charge in [-0.2, -0.15) is 5.10 Å². The third-order valence-corrected chi connectivity index (χ3v) is 2.56. The van der Waals surface area contributed by atoms with Crippen LogP contribution in [0.25, 0.3) is 0 Å². The first-order chi connectivity index (χ1) is 8.74. The Hall–Kier alpha value is -1.75. The van der Waals surface area contributed by atoms with Crippen LogP contribution in [-0.2, 0) is 13.1 Å². The van der Waals surface area contributed by atoms with Gasteiger partial charge in [0.25, 0.3) is 0 Å². The molecular formula is C13H19N5. The minimum absolute atomic E-state index is 0.666. The van der Waals surface area contributed by atoms with Gasteiger partial charge in [0.1, 0.15) is 12.7 Å². The molecule has 0 saturated carbocycles. The van der Waals surface area contributed by atoms with Crippen LogP contribution in [0.4, 0.5) is 0 Å². The topological polar surface area (TPSA) is 55.6 Å². The van der Waals surface area contributed by atoms with Gasteiger partial charge in [-0.15, -0.1) is 0 Å². The van der Waals surface area contributed by atoms with Crippen LogP contribution in [0.5, 0.6) is 0 Å². The molecule has 0 aliphatic heterocycles. The molecule has 0 aliphatic rings. The monoisotopic (exact) mass is 245 g/mol. The minimum atomic E-state index is 0.666. The summed E-state index contributed by atoms with van der Waals surface area (Å²) in [4.78, 5) is 8.33. The third kappa shape index (κ3) is 3.92. The van der Waals surface area contributed by atoms with Gasteiger partial charge in [-0.25, -0.2) is 9.67 Å². The van der Waals surface area contributed by atoms with E-state index in [1.165, 1.54) is 11.9 Å². The quantitative estimate of drug-likeness (QED) is 0.837. The molecule has 2 aromatic rings. The van der Waals surface area contributed by atoms with Gasteiger partial charge in [0.2, 0.25) is 0 Å². The second-order valence-corrected chi connectivity index (χ2v) is 4.78. The van der Waals surface area contributed by atoms with Crippen molar-refractivity contribution in [1.29, 1.82) is 0 Å². The summed E-state index contributed by atoms with van der Waals surface area (Å²) in [6.45, 7) is 6.97. The number of aromatic nitrogens is 4. The van der Waals surface area contributed by atoms with Gasteiger partial charge in [-0.3, -0.25) is 4.98 Å². The Labute approximate surface area is 107 Å². The molecule has 0 saturated heterocycles. The van der Waals surface area contributed by atoms with Crippen molar-refractivity contribution < 1.29 is 0 Å². The van der Waals surface area contributed by atoms with Crippen LogP contribution in [-0.4, -0.2) is 26.3 Å². The van der Waals surface area contributed by atoms with E-state index in [-0.39, 0.29) is 0 Å². The van der Waals surface area contributed by atoms with E-state index in [4.69, 9.17) is 0 Å². The fourth-order valence-electron chi connectivity index (χ4n) is 1.64. The predicted octanol–water partition coefficient (Wildman–Crippen LogP) is 1.47. The first-order valence-electron chi connectivity index (χ1n) is 6.21. The molecule has 0 bridgehead atoms. The highest BCUT2D eigenvalue weighted by atomic mass is 15.3. The number of nitrogens with zero attached hydrogens (tertiary/aromatic N) is 4. The molecule has 96 valence electrons. The molecule has 0 aromatic carbocycles. The van der Waals surface area contributed by atoms with Crippen LogP contribution in [0.2, 0.25) is 0 Å². The van der Waals surface area contributed by atoms with Gasteiger partial charge in [0.15, 0.2) is 0 Å². The molecule has 1 N–H and O–H groups in total. The van der Waals surface area contributed by atoms with Crippen LogP contribution in [0.15, 0.2) is 31.0 Å². The normalized spacial score (nSPS) is 11.1. The summed E-state index contributed by atoms with van der Waals surface area (Å²) < 4.78 is 1.76. The molecule has 0 radical (unpaired) electrons. The molecular weight excluding hydrogens is 226 g/mol. The molecule has 18 heavy (non-hydrogen) atoms. The Morgan fingerprint density at radius 1 is 1.33 bits per heavy atom. The molecule has 0 fully saturated rings. The summed E-state index contributed by atoms with van der Waals surface area (Å²) in [5.74, 6) is 0.671. The molecule has 2 rings (SSSR count). The lowest BCUT2D eigenvalue weighted by Crippen LogP contribution is -2.19. The number of nitrogens with one attached hydrogen (secondary N) is 1. The van der Waals surface area contributed by atoms with Crippen molar-refractivity contribution in [3.05, 3.63) is 42.2 Å². The van der Waals surface area contributed by atoms with E-state index < -0.39 is 0 Å². The third-order valence-electron chi connectivity index (χ3n) is 2.56. The van der Waals surface area contributed by atoms with Crippen LogP contribution in [0, 0.1) is 5.92 Å². The summed E-state index contributed by atoms with van der Waals surface area (Å²) in [7, 11) is 0. The average molecular weight is 245 g/mol. The maximum absolute atomic E-state index is 4.42. The molecule has 5 heteroatoms. The second kappa shape index (κ2) is 6.26. The molecule has 5 nitrogen and oxygen atoms in total. The van der Waals surface area contributed by atoms with E-state index in [1.807, 2.05) is 12.3 Å². The van der Waals surface area contributed by atoms with Gasteiger partial charge in [-0.1, -0.05) is 19.9 Å². The summed E-state index contributed by atoms with van der Waals surface area (Å²) in [5, 5.41) is 7.45. The molecule has 2 heterocycles. The van der Waals surface area contributed by atoms with Crippen LogP contribution >= 0.6 is 0 Å². The SMILES string of the molecule is CC(C)CNCc1ccc(Cn2cncn2)nc1. The van der Waals surface area contributed by atoms with Gasteiger partial charge < -0.3 is 5.32 Å². The molecule has 2 aromatic heterocycles. The van der Waals surface area contributed by atoms with Gasteiger partial charge in [-0.05, 0) is 24.1 Å². The number of hydrogen-bond acceptors (Lipinski definition) is 4. The van der Waals surface area contributed by atoms with Crippen LogP contribution in [0.3, 0.4) is 0 Å². The highest BCUT2D eigenvalue weighted by Crippen LogP contribution is 2.02. The van der Waals surface area contributed by atoms with E-state index >= 15 is 0 Å². The maximum Gasteiger partial charge on any atom is 0.137 e. The Morgan fingerprint density at radius 2 is 2.22 bits per heavy atom. The van der Waals surface area contributed by atoms with E-state index in [9.17, 15) is 0 Å². The van der Waals surface area contributed by atoms with Gasteiger partial charge >= 0.3 is 0 Å². The molecule has 0 atom stereocenters. The van der Waals surface area contributed by atoms with E-state index in [0.29, 0.717) is 12.5 Å².